The van der Waals surface area contributed by atoms with Crippen LogP contribution in [0, 0.1) is 10.8 Å². The minimum Gasteiger partial charge on any atom is -0.453 e. The highest BCUT2D eigenvalue weighted by atomic mass is 31.2. The first kappa shape index (κ1) is 49.2. The average Bonchev–Trinajstić information content (AvgIpc) is 3.34. The van der Waals surface area contributed by atoms with Crippen molar-refractivity contribution < 1.29 is 60.2 Å². The van der Waals surface area contributed by atoms with Gasteiger partial charge in [0.15, 0.2) is 6.10 Å². The number of ether oxygens (including phenoxy) is 4. The van der Waals surface area contributed by atoms with Crippen molar-refractivity contribution >= 4 is 31.5 Å². The molecule has 1 saturated heterocycles. The van der Waals surface area contributed by atoms with Gasteiger partial charge >= 0.3 is 37.3 Å². The lowest BCUT2D eigenvalue weighted by atomic mass is 9.98. The van der Waals surface area contributed by atoms with Crippen LogP contribution in [-0.2, 0) is 51.5 Å². The summed E-state index contributed by atoms with van der Waals surface area (Å²) < 4.78 is 82.6. The summed E-state index contributed by atoms with van der Waals surface area (Å²) in [6.07, 6.45) is 9.66. The minimum absolute atomic E-state index is 0.158. The zero-order valence-electron chi connectivity index (χ0n) is 34.2. The van der Waals surface area contributed by atoms with Gasteiger partial charge in [0.05, 0.1) is 17.4 Å². The number of unbranched alkanes of at least 4 members (excludes halogenated alkanes) is 13. The lowest BCUT2D eigenvalue weighted by molar-refractivity contribution is -0.176. The summed E-state index contributed by atoms with van der Waals surface area (Å²) in [5.41, 5.74) is 2.44. The van der Waals surface area contributed by atoms with E-state index in [0.717, 1.165) is 37.9 Å². The van der Waals surface area contributed by atoms with Gasteiger partial charge in [0.2, 0.25) is 19.8 Å². The molecular weight excluding hydrogens is 759 g/mol. The van der Waals surface area contributed by atoms with E-state index in [4.69, 9.17) is 38.3 Å². The van der Waals surface area contributed by atoms with Crippen LogP contribution in [0.5, 0.6) is 0 Å². The molecule has 0 spiro atoms. The standard InChI is InChI=1S/C38H64F2N3O12P/c1-8-9-10-11-12-13-14-15-16-17-18-19-20-21-22-30(44)55-31-28(54-32(38(31,39)40)43-24-23-29(41)42-35(43)47)25-51-56(48,52-26-49-33(45)36(2,3)4)53-27-50-34(46)37(5,6)7/h23-24,28,31-32H,8-22,25-27H2,1-7H3,(H2,41,42,47)/t28?,31-,32?/m1/s1. The number of esters is 3. The van der Waals surface area contributed by atoms with E-state index in [1.807, 2.05) is 0 Å². The molecule has 56 heavy (non-hydrogen) atoms. The number of halogens is 2. The number of aromatic nitrogens is 2. The second-order valence-electron chi connectivity index (χ2n) is 16.1. The maximum atomic E-state index is 16.1. The monoisotopic (exact) mass is 823 g/mol. The Balaban J connectivity index is 2.07. The summed E-state index contributed by atoms with van der Waals surface area (Å²) in [6.45, 7) is 8.67. The SMILES string of the molecule is CCCCCCCCCCCCCCCCC(=O)O[C@@H]1C(COP(=O)(OCOC(=O)C(C)(C)C)OCOC(=O)C(C)(C)C)OC(n2ccc(N)nc2=O)C1(F)F. The Morgan fingerprint density at radius 3 is 1.73 bits per heavy atom. The fraction of sp³-hybridized carbons (Fsp3) is 0.816. The summed E-state index contributed by atoms with van der Waals surface area (Å²) in [5, 5.41) is 0. The first-order valence-electron chi connectivity index (χ1n) is 19.7. The van der Waals surface area contributed by atoms with E-state index >= 15 is 8.78 Å². The van der Waals surface area contributed by atoms with E-state index in [1.165, 1.54) is 51.4 Å². The van der Waals surface area contributed by atoms with Crippen LogP contribution in [0.15, 0.2) is 17.1 Å². The normalized spacial score (nSPS) is 18.5. The number of nitrogen functional groups attached to an aromatic ring is 1. The molecule has 0 bridgehead atoms. The molecule has 0 aliphatic carbocycles. The van der Waals surface area contributed by atoms with E-state index < -0.39 is 86.8 Å². The van der Waals surface area contributed by atoms with E-state index in [9.17, 15) is 23.7 Å². The molecule has 1 fully saturated rings. The first-order valence-corrected chi connectivity index (χ1v) is 21.1. The van der Waals surface area contributed by atoms with Crippen LogP contribution >= 0.6 is 7.82 Å². The lowest BCUT2D eigenvalue weighted by Gasteiger charge is -2.25. The van der Waals surface area contributed by atoms with Crippen LogP contribution in [0.1, 0.15) is 151 Å². The zero-order valence-corrected chi connectivity index (χ0v) is 35.1. The minimum atomic E-state index is -4.86. The molecule has 1 aliphatic rings. The fourth-order valence-electron chi connectivity index (χ4n) is 5.52. The van der Waals surface area contributed by atoms with Gasteiger partial charge in [0, 0.05) is 12.6 Å². The molecular formula is C38H64F2N3O12P. The predicted octanol–water partition coefficient (Wildman–Crippen LogP) is 8.39. The van der Waals surface area contributed by atoms with Crippen LogP contribution in [0.25, 0.3) is 0 Å². The zero-order chi connectivity index (χ0) is 42.0. The molecule has 3 atom stereocenters. The van der Waals surface area contributed by atoms with Gasteiger partial charge in [-0.1, -0.05) is 90.4 Å². The summed E-state index contributed by atoms with van der Waals surface area (Å²) in [5.74, 6) is -6.67. The quantitative estimate of drug-likeness (QED) is 0.0308. The van der Waals surface area contributed by atoms with Crippen molar-refractivity contribution in [2.75, 3.05) is 25.9 Å². The van der Waals surface area contributed by atoms with E-state index in [1.54, 1.807) is 41.5 Å². The van der Waals surface area contributed by atoms with Gasteiger partial charge in [-0.15, -0.1) is 0 Å². The van der Waals surface area contributed by atoms with Crippen molar-refractivity contribution in [3.05, 3.63) is 22.7 Å². The van der Waals surface area contributed by atoms with Crippen LogP contribution in [0.2, 0.25) is 0 Å². The predicted molar refractivity (Wildman–Crippen MR) is 203 cm³/mol. The number of hydrogen-bond donors (Lipinski definition) is 1. The van der Waals surface area contributed by atoms with Gasteiger partial charge in [-0.3, -0.25) is 23.5 Å². The highest BCUT2D eigenvalue weighted by Crippen LogP contribution is 2.52. The van der Waals surface area contributed by atoms with Gasteiger partial charge in [-0.25, -0.2) is 18.4 Å². The Morgan fingerprint density at radius 1 is 0.821 bits per heavy atom. The number of hydrogen-bond acceptors (Lipinski definition) is 14. The van der Waals surface area contributed by atoms with Crippen molar-refractivity contribution in [1.29, 1.82) is 0 Å². The van der Waals surface area contributed by atoms with Crippen molar-refractivity contribution in [1.82, 2.24) is 9.55 Å². The fourth-order valence-corrected chi connectivity index (χ4v) is 6.43. The Kier molecular flexibility index (Phi) is 20.6. The molecule has 1 aromatic heterocycles. The maximum absolute atomic E-state index is 16.1. The Hall–Kier alpha value is -2.98. The molecule has 0 radical (unpaired) electrons. The van der Waals surface area contributed by atoms with E-state index in [2.05, 4.69) is 11.9 Å². The van der Waals surface area contributed by atoms with Crippen LogP contribution < -0.4 is 11.4 Å². The number of phosphoric acid groups is 1. The molecule has 322 valence electrons. The molecule has 2 rings (SSSR count). The molecule has 18 heteroatoms. The molecule has 15 nitrogen and oxygen atoms in total. The second-order valence-corrected chi connectivity index (χ2v) is 17.8. The third-order valence-corrected chi connectivity index (χ3v) is 10.2. The van der Waals surface area contributed by atoms with Crippen molar-refractivity contribution in [2.45, 2.75) is 169 Å². The van der Waals surface area contributed by atoms with Crippen LogP contribution in [0.3, 0.4) is 0 Å². The first-order chi connectivity index (χ1) is 26.2. The average molecular weight is 824 g/mol. The highest BCUT2D eigenvalue weighted by molar-refractivity contribution is 7.48. The smallest absolute Gasteiger partial charge is 0.453 e. The summed E-state index contributed by atoms with van der Waals surface area (Å²) in [6, 6.07) is 1.11. The van der Waals surface area contributed by atoms with E-state index in [-0.39, 0.29) is 12.2 Å². The summed E-state index contributed by atoms with van der Waals surface area (Å²) >= 11 is 0. The highest BCUT2D eigenvalue weighted by Gasteiger charge is 2.63. The molecule has 2 N–H and O–H groups in total. The van der Waals surface area contributed by atoms with Crippen LogP contribution in [0.4, 0.5) is 14.6 Å². The number of anilines is 1. The summed E-state index contributed by atoms with van der Waals surface area (Å²) in [7, 11) is -4.86. The van der Waals surface area contributed by atoms with Crippen molar-refractivity contribution in [2.24, 2.45) is 10.8 Å². The number of carbonyl (C=O) groups is 3. The Bertz CT molecular complexity index is 1440. The molecule has 0 aromatic carbocycles. The van der Waals surface area contributed by atoms with Gasteiger partial charge in [-0.2, -0.15) is 13.8 Å². The van der Waals surface area contributed by atoms with Crippen molar-refractivity contribution in [3.8, 4) is 0 Å². The number of phosphoric ester groups is 1. The molecule has 0 saturated carbocycles. The van der Waals surface area contributed by atoms with Gasteiger partial charge < -0.3 is 24.7 Å². The second kappa shape index (κ2) is 23.4. The molecule has 1 aromatic rings. The van der Waals surface area contributed by atoms with Gasteiger partial charge in [0.1, 0.15) is 11.9 Å². The lowest BCUT2D eigenvalue weighted by Crippen LogP contribution is -2.44. The molecule has 0 amide bonds. The van der Waals surface area contributed by atoms with E-state index in [0.29, 0.717) is 17.4 Å². The number of alkyl halides is 2. The maximum Gasteiger partial charge on any atom is 0.480 e. The topological polar surface area (TPSA) is 194 Å². The number of nitrogens with two attached hydrogens (primary N) is 1. The Labute approximate surface area is 329 Å². The third kappa shape index (κ3) is 17.3. The molecule has 1 aliphatic heterocycles. The van der Waals surface area contributed by atoms with Crippen molar-refractivity contribution in [3.63, 3.8) is 0 Å². The molecule has 2 heterocycles. The summed E-state index contributed by atoms with van der Waals surface area (Å²) in [4.78, 5) is 53.5. The number of rotatable bonds is 26. The largest absolute Gasteiger partial charge is 0.480 e. The number of nitrogens with zero attached hydrogens (tertiary/aromatic N) is 2. The Morgan fingerprint density at radius 2 is 1.29 bits per heavy atom. The van der Waals surface area contributed by atoms with Gasteiger partial charge in [0.25, 0.3) is 0 Å². The molecule has 2 unspecified atom stereocenters. The number of carbonyl (C=O) groups excluding carboxylic acids is 3. The third-order valence-electron chi connectivity index (χ3n) is 8.87. The van der Waals surface area contributed by atoms with Gasteiger partial charge in [-0.05, 0) is 54.0 Å². The van der Waals surface area contributed by atoms with Crippen LogP contribution in [-0.4, -0.2) is 65.8 Å².